The van der Waals surface area contributed by atoms with Crippen LogP contribution in [0.3, 0.4) is 0 Å². The normalized spacial score (nSPS) is 10.2. The zero-order valence-electron chi connectivity index (χ0n) is 16.4. The highest BCUT2D eigenvalue weighted by atomic mass is 16.5. The summed E-state index contributed by atoms with van der Waals surface area (Å²) < 4.78 is 9.99. The zero-order chi connectivity index (χ0) is 21.9. The minimum absolute atomic E-state index is 0.0797. The second-order valence-corrected chi connectivity index (χ2v) is 5.95. The maximum Gasteiger partial charge on any atom is 0.340 e. The summed E-state index contributed by atoms with van der Waals surface area (Å²) in [6.45, 7) is 0.618. The third kappa shape index (κ3) is 7.12. The Morgan fingerprint density at radius 2 is 1.67 bits per heavy atom. The van der Waals surface area contributed by atoms with Gasteiger partial charge in [-0.1, -0.05) is 24.3 Å². The molecule has 3 N–H and O–H groups in total. The van der Waals surface area contributed by atoms with Crippen molar-refractivity contribution >= 4 is 35.5 Å². The van der Waals surface area contributed by atoms with Gasteiger partial charge in [0.2, 0.25) is 11.8 Å². The van der Waals surface area contributed by atoms with Gasteiger partial charge in [-0.05, 0) is 35.9 Å². The molecule has 0 radical (unpaired) electrons. The fraction of sp³-hybridized carbons (Fsp3) is 0.143. The number of carbonyl (C=O) groups is 4. The standard InChI is InChI=1S/C21H21N3O6/c1-14(25)23-24-20(27)13-30-21(28)17-5-3-4-6-18(17)22-19(26)12-9-15-7-10-16(29-2)11-8-15/h3-12H,13H2,1-2H3,(H,22,26)(H,23,25)(H,24,27)/b12-9+. The van der Waals surface area contributed by atoms with Gasteiger partial charge in [0, 0.05) is 13.0 Å². The highest BCUT2D eigenvalue weighted by Crippen LogP contribution is 2.17. The summed E-state index contributed by atoms with van der Waals surface area (Å²) in [6.07, 6.45) is 2.94. The van der Waals surface area contributed by atoms with Crippen LogP contribution in [0.25, 0.3) is 6.08 Å². The number of methoxy groups -OCH3 is 1. The number of carbonyl (C=O) groups excluding carboxylic acids is 4. The van der Waals surface area contributed by atoms with Gasteiger partial charge in [0.05, 0.1) is 18.4 Å². The number of nitrogens with one attached hydrogen (secondary N) is 3. The van der Waals surface area contributed by atoms with Gasteiger partial charge in [0.25, 0.3) is 5.91 Å². The van der Waals surface area contributed by atoms with E-state index in [2.05, 4.69) is 16.2 Å². The fourth-order valence-electron chi connectivity index (χ4n) is 2.23. The average Bonchev–Trinajstić information content (AvgIpc) is 2.75. The Morgan fingerprint density at radius 1 is 0.967 bits per heavy atom. The van der Waals surface area contributed by atoms with Gasteiger partial charge in [-0.3, -0.25) is 25.2 Å². The fourth-order valence-corrected chi connectivity index (χ4v) is 2.23. The third-order valence-electron chi connectivity index (χ3n) is 3.66. The number of hydrogen-bond acceptors (Lipinski definition) is 6. The van der Waals surface area contributed by atoms with Crippen molar-refractivity contribution in [1.29, 1.82) is 0 Å². The zero-order valence-corrected chi connectivity index (χ0v) is 16.4. The highest BCUT2D eigenvalue weighted by Gasteiger charge is 2.15. The van der Waals surface area contributed by atoms with E-state index in [1.54, 1.807) is 49.6 Å². The van der Waals surface area contributed by atoms with Gasteiger partial charge in [-0.15, -0.1) is 0 Å². The van der Waals surface area contributed by atoms with Crippen molar-refractivity contribution in [3.8, 4) is 5.75 Å². The van der Waals surface area contributed by atoms with Gasteiger partial charge in [-0.25, -0.2) is 4.79 Å². The van der Waals surface area contributed by atoms with E-state index in [1.807, 2.05) is 0 Å². The second kappa shape index (κ2) is 11.0. The molecule has 3 amide bonds. The Bertz CT molecular complexity index is 953. The van der Waals surface area contributed by atoms with Gasteiger partial charge in [-0.2, -0.15) is 0 Å². The predicted octanol–water partition coefficient (Wildman–Crippen LogP) is 1.67. The number of hydrogen-bond donors (Lipinski definition) is 3. The molecule has 0 aliphatic carbocycles. The molecule has 0 saturated heterocycles. The summed E-state index contributed by atoms with van der Waals surface area (Å²) in [5, 5.41) is 2.60. The van der Waals surface area contributed by atoms with Gasteiger partial charge in [0.15, 0.2) is 6.61 Å². The molecule has 0 bridgehead atoms. The molecule has 0 aliphatic heterocycles. The minimum Gasteiger partial charge on any atom is -0.497 e. The molecule has 0 aliphatic rings. The molecule has 9 heteroatoms. The first kappa shape index (κ1) is 22.2. The summed E-state index contributed by atoms with van der Waals surface area (Å²) in [6, 6.07) is 13.3. The first-order valence-corrected chi connectivity index (χ1v) is 8.83. The monoisotopic (exact) mass is 411 g/mol. The molecule has 0 aromatic heterocycles. The minimum atomic E-state index is -0.803. The topological polar surface area (TPSA) is 123 Å². The Kier molecular flexibility index (Phi) is 8.13. The number of rotatable bonds is 7. The van der Waals surface area contributed by atoms with Crippen molar-refractivity contribution < 1.29 is 28.7 Å². The van der Waals surface area contributed by atoms with E-state index in [4.69, 9.17) is 9.47 Å². The van der Waals surface area contributed by atoms with Crippen LogP contribution in [0, 0.1) is 0 Å². The molecule has 30 heavy (non-hydrogen) atoms. The SMILES string of the molecule is COc1ccc(/C=C/C(=O)Nc2ccccc2C(=O)OCC(=O)NNC(C)=O)cc1. The van der Waals surface area contributed by atoms with Gasteiger partial charge < -0.3 is 14.8 Å². The van der Waals surface area contributed by atoms with E-state index in [1.165, 1.54) is 25.1 Å². The number of benzene rings is 2. The van der Waals surface area contributed by atoms with E-state index in [-0.39, 0.29) is 11.3 Å². The molecule has 0 saturated carbocycles. The van der Waals surface area contributed by atoms with E-state index in [0.717, 1.165) is 5.56 Å². The molecule has 0 heterocycles. The van der Waals surface area contributed by atoms with Crippen LogP contribution in [0.1, 0.15) is 22.8 Å². The van der Waals surface area contributed by atoms with E-state index in [9.17, 15) is 19.2 Å². The van der Waals surface area contributed by atoms with Crippen molar-refractivity contribution in [3.63, 3.8) is 0 Å². The van der Waals surface area contributed by atoms with Crippen LogP contribution in [0.2, 0.25) is 0 Å². The van der Waals surface area contributed by atoms with Crippen molar-refractivity contribution in [2.75, 3.05) is 19.0 Å². The Hall–Kier alpha value is -4.14. The number of hydrazine groups is 1. The van der Waals surface area contributed by atoms with Gasteiger partial charge in [0.1, 0.15) is 5.75 Å². The molecule has 0 atom stereocenters. The number of esters is 1. The lowest BCUT2D eigenvalue weighted by Gasteiger charge is -2.10. The number of anilines is 1. The molecule has 2 rings (SSSR count). The summed E-state index contributed by atoms with van der Waals surface area (Å²) in [5.41, 5.74) is 5.26. The maximum absolute atomic E-state index is 12.3. The van der Waals surface area contributed by atoms with Crippen LogP contribution < -0.4 is 20.9 Å². The summed E-state index contributed by atoms with van der Waals surface area (Å²) >= 11 is 0. The quantitative estimate of drug-likeness (QED) is 0.362. The summed E-state index contributed by atoms with van der Waals surface area (Å²) in [5.74, 6) is -1.72. The predicted molar refractivity (Wildman–Crippen MR) is 109 cm³/mol. The summed E-state index contributed by atoms with van der Waals surface area (Å²) in [4.78, 5) is 46.7. The average molecular weight is 411 g/mol. The van der Waals surface area contributed by atoms with Crippen molar-refractivity contribution in [1.82, 2.24) is 10.9 Å². The van der Waals surface area contributed by atoms with Crippen molar-refractivity contribution in [3.05, 3.63) is 65.7 Å². The first-order valence-electron chi connectivity index (χ1n) is 8.83. The molecule has 156 valence electrons. The lowest BCUT2D eigenvalue weighted by Crippen LogP contribution is -2.42. The van der Waals surface area contributed by atoms with E-state index < -0.39 is 30.3 Å². The van der Waals surface area contributed by atoms with Crippen LogP contribution in [0.4, 0.5) is 5.69 Å². The highest BCUT2D eigenvalue weighted by molar-refractivity contribution is 6.06. The first-order chi connectivity index (χ1) is 14.4. The number of amides is 3. The van der Waals surface area contributed by atoms with Gasteiger partial charge >= 0.3 is 5.97 Å². The molecule has 2 aromatic carbocycles. The van der Waals surface area contributed by atoms with Crippen LogP contribution in [0.15, 0.2) is 54.6 Å². The van der Waals surface area contributed by atoms with Crippen molar-refractivity contribution in [2.24, 2.45) is 0 Å². The molecular formula is C21H21N3O6. The molecule has 9 nitrogen and oxygen atoms in total. The van der Waals surface area contributed by atoms with E-state index >= 15 is 0 Å². The molecule has 0 unspecified atom stereocenters. The maximum atomic E-state index is 12.3. The smallest absolute Gasteiger partial charge is 0.340 e. The summed E-state index contributed by atoms with van der Waals surface area (Å²) in [7, 11) is 1.57. The number of para-hydroxylation sites is 1. The van der Waals surface area contributed by atoms with Crippen LogP contribution in [-0.4, -0.2) is 37.4 Å². The lowest BCUT2D eigenvalue weighted by atomic mass is 10.1. The van der Waals surface area contributed by atoms with Crippen LogP contribution in [0.5, 0.6) is 5.75 Å². The third-order valence-corrected chi connectivity index (χ3v) is 3.66. The second-order valence-electron chi connectivity index (χ2n) is 5.95. The van der Waals surface area contributed by atoms with Crippen LogP contribution in [-0.2, 0) is 19.1 Å². The molecular weight excluding hydrogens is 390 g/mol. The molecule has 2 aromatic rings. The molecule has 0 spiro atoms. The van der Waals surface area contributed by atoms with Crippen molar-refractivity contribution in [2.45, 2.75) is 6.92 Å². The molecule has 0 fully saturated rings. The Balaban J connectivity index is 1.97. The largest absolute Gasteiger partial charge is 0.497 e. The number of ether oxygens (including phenoxy) is 2. The van der Waals surface area contributed by atoms with Crippen LogP contribution >= 0.6 is 0 Å². The lowest BCUT2D eigenvalue weighted by molar-refractivity contribution is -0.129. The Morgan fingerprint density at radius 3 is 2.33 bits per heavy atom. The van der Waals surface area contributed by atoms with E-state index in [0.29, 0.717) is 5.75 Å². The Labute approximate surface area is 173 Å².